The highest BCUT2D eigenvalue weighted by molar-refractivity contribution is 5.46. The number of rotatable bonds is 2. The first-order chi connectivity index (χ1) is 6.34. The summed E-state index contributed by atoms with van der Waals surface area (Å²) < 4.78 is 0. The molecule has 0 amide bonds. The number of nitrogens with one attached hydrogen (secondary N) is 2. The molecule has 2 aromatic heterocycles. The molecule has 2 N–H and O–H groups in total. The molecule has 0 atom stereocenters. The van der Waals surface area contributed by atoms with Crippen LogP contribution in [0.25, 0.3) is 0 Å². The Kier molecular flexibility index (Phi) is 1.87. The lowest BCUT2D eigenvalue weighted by atomic mass is 10.3. The molecule has 0 unspecified atom stereocenters. The maximum atomic E-state index is 4.12. The number of H-pyrrole nitrogens is 1. The molecule has 0 spiro atoms. The normalized spacial score (nSPS) is 9.92. The van der Waals surface area contributed by atoms with Crippen molar-refractivity contribution in [3.05, 3.63) is 23.9 Å². The molecule has 6 nitrogen and oxygen atoms in total. The largest absolute Gasteiger partial charge is 0.306 e. The minimum atomic E-state index is 0.413. The van der Waals surface area contributed by atoms with Crippen LogP contribution in [-0.4, -0.2) is 25.6 Å². The maximum absolute atomic E-state index is 4.12. The summed E-state index contributed by atoms with van der Waals surface area (Å²) in [5.74, 6) is 1.11. The van der Waals surface area contributed by atoms with Gasteiger partial charge in [-0.3, -0.25) is 0 Å². The van der Waals surface area contributed by atoms with Crippen LogP contribution < -0.4 is 5.32 Å². The second-order valence-electron chi connectivity index (χ2n) is 2.58. The lowest BCUT2D eigenvalue weighted by Gasteiger charge is -1.98. The Bertz CT molecular complexity index is 364. The van der Waals surface area contributed by atoms with Gasteiger partial charge in [0.1, 0.15) is 5.82 Å². The third-order valence-corrected chi connectivity index (χ3v) is 1.50. The molecule has 6 heteroatoms. The zero-order valence-electron chi connectivity index (χ0n) is 7.02. The molecular weight excluding hydrogens is 168 g/mol. The third kappa shape index (κ3) is 1.78. The fourth-order valence-electron chi connectivity index (χ4n) is 0.871. The Morgan fingerprint density at radius 2 is 2.31 bits per heavy atom. The Hall–Kier alpha value is -1.98. The van der Waals surface area contributed by atoms with Crippen LogP contribution >= 0.6 is 0 Å². The van der Waals surface area contributed by atoms with Gasteiger partial charge in [0, 0.05) is 6.20 Å². The molecule has 13 heavy (non-hydrogen) atoms. The average Bonchev–Trinajstić information content (AvgIpc) is 2.62. The Labute approximate surface area is 74.4 Å². The average molecular weight is 176 g/mol. The molecule has 66 valence electrons. The fraction of sp³-hybridized carbons (Fsp3) is 0.143. The molecule has 0 aromatic carbocycles. The Morgan fingerprint density at radius 1 is 1.38 bits per heavy atom. The van der Waals surface area contributed by atoms with Crippen molar-refractivity contribution in [3.63, 3.8) is 0 Å². The summed E-state index contributed by atoms with van der Waals surface area (Å²) in [6.45, 7) is 1.98. The topological polar surface area (TPSA) is 79.4 Å². The molecule has 2 aromatic rings. The smallest absolute Gasteiger partial charge is 0.268 e. The van der Waals surface area contributed by atoms with Crippen LogP contribution in [-0.2, 0) is 0 Å². The number of anilines is 2. The number of aromatic amines is 1. The number of aryl methyl sites for hydroxylation is 1. The first-order valence-corrected chi connectivity index (χ1v) is 3.78. The van der Waals surface area contributed by atoms with Gasteiger partial charge in [-0.15, -0.1) is 5.10 Å². The van der Waals surface area contributed by atoms with Gasteiger partial charge in [-0.2, -0.15) is 5.21 Å². The standard InChI is InChI=1S/C7H8N6/c1-5-2-3-6(8-4-5)9-7-10-12-13-11-7/h2-4H,1H3,(H2,8,9,10,11,12,13). The number of aromatic nitrogens is 5. The maximum Gasteiger partial charge on any atom is 0.268 e. The predicted octanol–water partition coefficient (Wildman–Crippen LogP) is 0.647. The lowest BCUT2D eigenvalue weighted by molar-refractivity contribution is 0.881. The van der Waals surface area contributed by atoms with E-state index >= 15 is 0 Å². The van der Waals surface area contributed by atoms with Gasteiger partial charge in [0.15, 0.2) is 0 Å². The van der Waals surface area contributed by atoms with Gasteiger partial charge in [0.05, 0.1) is 0 Å². The van der Waals surface area contributed by atoms with Crippen LogP contribution in [0.2, 0.25) is 0 Å². The fourth-order valence-corrected chi connectivity index (χ4v) is 0.871. The second kappa shape index (κ2) is 3.18. The van der Waals surface area contributed by atoms with Crippen LogP contribution in [0.15, 0.2) is 18.3 Å². The van der Waals surface area contributed by atoms with Crippen molar-refractivity contribution >= 4 is 11.8 Å². The first-order valence-electron chi connectivity index (χ1n) is 3.78. The van der Waals surface area contributed by atoms with Gasteiger partial charge in [0.25, 0.3) is 5.95 Å². The lowest BCUT2D eigenvalue weighted by Crippen LogP contribution is -1.95. The Morgan fingerprint density at radius 3 is 2.92 bits per heavy atom. The molecular formula is C7H8N6. The van der Waals surface area contributed by atoms with E-state index in [1.807, 2.05) is 19.1 Å². The molecule has 0 saturated carbocycles. The number of hydrogen-bond donors (Lipinski definition) is 2. The Balaban J connectivity index is 2.15. The number of hydrogen-bond acceptors (Lipinski definition) is 5. The predicted molar refractivity (Wildman–Crippen MR) is 46.4 cm³/mol. The van der Waals surface area contributed by atoms with E-state index in [4.69, 9.17) is 0 Å². The highest BCUT2D eigenvalue weighted by atomic mass is 15.5. The van der Waals surface area contributed by atoms with Gasteiger partial charge in [-0.1, -0.05) is 11.2 Å². The van der Waals surface area contributed by atoms with Crippen LogP contribution in [0, 0.1) is 6.92 Å². The van der Waals surface area contributed by atoms with Crippen molar-refractivity contribution in [1.82, 2.24) is 25.6 Å². The van der Waals surface area contributed by atoms with Crippen molar-refractivity contribution in [3.8, 4) is 0 Å². The summed E-state index contributed by atoms with van der Waals surface area (Å²) in [6.07, 6.45) is 1.77. The van der Waals surface area contributed by atoms with Gasteiger partial charge < -0.3 is 5.32 Å². The zero-order chi connectivity index (χ0) is 9.10. The van der Waals surface area contributed by atoms with Crippen molar-refractivity contribution in [2.75, 3.05) is 5.32 Å². The van der Waals surface area contributed by atoms with E-state index in [9.17, 15) is 0 Å². The quantitative estimate of drug-likeness (QED) is 0.702. The molecule has 0 aliphatic carbocycles. The second-order valence-corrected chi connectivity index (χ2v) is 2.58. The summed E-state index contributed by atoms with van der Waals surface area (Å²) >= 11 is 0. The molecule has 0 saturated heterocycles. The number of tetrazole rings is 1. The van der Waals surface area contributed by atoms with Crippen LogP contribution in [0.5, 0.6) is 0 Å². The molecule has 0 aliphatic rings. The third-order valence-electron chi connectivity index (χ3n) is 1.50. The van der Waals surface area contributed by atoms with Crippen molar-refractivity contribution < 1.29 is 0 Å². The molecule has 0 radical (unpaired) electrons. The summed E-state index contributed by atoms with van der Waals surface area (Å²) in [5, 5.41) is 16.1. The minimum absolute atomic E-state index is 0.413. The van der Waals surface area contributed by atoms with E-state index in [2.05, 4.69) is 30.9 Å². The van der Waals surface area contributed by atoms with E-state index in [-0.39, 0.29) is 0 Å². The van der Waals surface area contributed by atoms with Gasteiger partial charge in [0.2, 0.25) is 0 Å². The van der Waals surface area contributed by atoms with E-state index in [0.29, 0.717) is 11.8 Å². The van der Waals surface area contributed by atoms with Crippen LogP contribution in [0.3, 0.4) is 0 Å². The first kappa shape index (κ1) is 7.66. The molecule has 0 fully saturated rings. The molecule has 0 bridgehead atoms. The van der Waals surface area contributed by atoms with Crippen molar-refractivity contribution in [2.24, 2.45) is 0 Å². The van der Waals surface area contributed by atoms with Crippen LogP contribution in [0.1, 0.15) is 5.56 Å². The van der Waals surface area contributed by atoms with Gasteiger partial charge in [-0.25, -0.2) is 4.98 Å². The van der Waals surface area contributed by atoms with Crippen molar-refractivity contribution in [2.45, 2.75) is 6.92 Å². The van der Waals surface area contributed by atoms with Crippen LogP contribution in [0.4, 0.5) is 11.8 Å². The monoisotopic (exact) mass is 176 g/mol. The van der Waals surface area contributed by atoms with E-state index in [0.717, 1.165) is 5.56 Å². The van der Waals surface area contributed by atoms with E-state index in [1.54, 1.807) is 6.20 Å². The summed E-state index contributed by atoms with van der Waals surface area (Å²) in [5.41, 5.74) is 1.11. The highest BCUT2D eigenvalue weighted by Gasteiger charge is 1.97. The minimum Gasteiger partial charge on any atom is -0.306 e. The van der Waals surface area contributed by atoms with Crippen molar-refractivity contribution in [1.29, 1.82) is 0 Å². The van der Waals surface area contributed by atoms with E-state index < -0.39 is 0 Å². The number of pyridine rings is 1. The molecule has 2 rings (SSSR count). The summed E-state index contributed by atoms with van der Waals surface area (Å²) in [7, 11) is 0. The van der Waals surface area contributed by atoms with Gasteiger partial charge in [-0.05, 0) is 23.8 Å². The van der Waals surface area contributed by atoms with Gasteiger partial charge >= 0.3 is 0 Å². The highest BCUT2D eigenvalue weighted by Crippen LogP contribution is 2.07. The molecule has 2 heterocycles. The summed E-state index contributed by atoms with van der Waals surface area (Å²) in [6, 6.07) is 3.81. The number of nitrogens with zero attached hydrogens (tertiary/aromatic N) is 4. The summed E-state index contributed by atoms with van der Waals surface area (Å²) in [4.78, 5) is 4.12. The van der Waals surface area contributed by atoms with E-state index in [1.165, 1.54) is 0 Å². The SMILES string of the molecule is Cc1ccc(Nc2nn[nH]n2)nc1. The molecule has 0 aliphatic heterocycles. The zero-order valence-corrected chi connectivity index (χ0v) is 7.02.